The summed E-state index contributed by atoms with van der Waals surface area (Å²) >= 11 is 1.21. The molecule has 0 aliphatic heterocycles. The van der Waals surface area contributed by atoms with Gasteiger partial charge in [-0.05, 0) is 6.07 Å². The molecular weight excluding hydrogens is 301 g/mol. The zero-order chi connectivity index (χ0) is 15.4. The first-order valence-corrected chi connectivity index (χ1v) is 6.71. The minimum Gasteiger partial charge on any atom is -0.476 e. The van der Waals surface area contributed by atoms with Crippen molar-refractivity contribution < 1.29 is 19.2 Å². The van der Waals surface area contributed by atoms with Gasteiger partial charge in [0, 0.05) is 24.4 Å². The highest BCUT2D eigenvalue weighted by Crippen LogP contribution is 2.20. The average Bonchev–Trinajstić information content (AvgIpc) is 2.89. The number of carboxylic acid groups (broad SMARTS) is 1. The van der Waals surface area contributed by atoms with Gasteiger partial charge in [0.2, 0.25) is 0 Å². The van der Waals surface area contributed by atoms with Crippen LogP contribution in [0.3, 0.4) is 0 Å². The minimum absolute atomic E-state index is 0.0171. The Bertz CT molecular complexity index is 689. The summed E-state index contributed by atoms with van der Waals surface area (Å²) in [6.07, 6.45) is 0.425. The first kappa shape index (κ1) is 14.9. The average molecular weight is 311 g/mol. The van der Waals surface area contributed by atoms with Crippen LogP contribution in [-0.2, 0) is 6.42 Å². The van der Waals surface area contributed by atoms with Gasteiger partial charge >= 0.3 is 5.97 Å². The lowest BCUT2D eigenvalue weighted by Gasteiger charge is -2.06. The van der Waals surface area contributed by atoms with E-state index in [1.54, 1.807) is 0 Å². The first-order valence-electron chi connectivity index (χ1n) is 5.83. The number of rotatable bonds is 6. The SMILES string of the molecule is O=C(O)c1csc(CCNc2ccc([N+](=O)[O-])cc2F)n1. The molecule has 0 fully saturated rings. The van der Waals surface area contributed by atoms with Crippen LogP contribution in [-0.4, -0.2) is 27.5 Å². The Hall–Kier alpha value is -2.55. The number of carboxylic acids is 1. The largest absolute Gasteiger partial charge is 0.476 e. The fourth-order valence-corrected chi connectivity index (χ4v) is 2.36. The van der Waals surface area contributed by atoms with E-state index in [9.17, 15) is 19.3 Å². The topological polar surface area (TPSA) is 105 Å². The summed E-state index contributed by atoms with van der Waals surface area (Å²) in [7, 11) is 0. The molecule has 21 heavy (non-hydrogen) atoms. The molecule has 0 radical (unpaired) electrons. The number of anilines is 1. The third-order valence-electron chi connectivity index (χ3n) is 2.59. The van der Waals surface area contributed by atoms with Gasteiger partial charge in [0.25, 0.3) is 5.69 Å². The van der Waals surface area contributed by atoms with Gasteiger partial charge in [-0.2, -0.15) is 0 Å². The van der Waals surface area contributed by atoms with Crippen LogP contribution < -0.4 is 5.32 Å². The Morgan fingerprint density at radius 3 is 2.86 bits per heavy atom. The number of aromatic nitrogens is 1. The summed E-state index contributed by atoms with van der Waals surface area (Å²) < 4.78 is 13.6. The summed E-state index contributed by atoms with van der Waals surface area (Å²) in [5.41, 5.74) is -0.184. The molecule has 0 atom stereocenters. The Balaban J connectivity index is 1.93. The molecule has 1 heterocycles. The number of benzene rings is 1. The van der Waals surface area contributed by atoms with Crippen LogP contribution in [0.1, 0.15) is 15.5 Å². The fourth-order valence-electron chi connectivity index (χ4n) is 1.59. The quantitative estimate of drug-likeness (QED) is 0.627. The van der Waals surface area contributed by atoms with Gasteiger partial charge in [-0.3, -0.25) is 10.1 Å². The van der Waals surface area contributed by atoms with Crippen LogP contribution in [0.25, 0.3) is 0 Å². The molecule has 0 aliphatic carbocycles. The number of hydrogen-bond donors (Lipinski definition) is 2. The molecule has 2 rings (SSSR count). The molecule has 2 N–H and O–H groups in total. The Labute approximate surface area is 122 Å². The summed E-state index contributed by atoms with van der Waals surface area (Å²) in [5, 5.41) is 24.1. The van der Waals surface area contributed by atoms with E-state index in [-0.39, 0.29) is 17.1 Å². The molecule has 0 bridgehead atoms. The van der Waals surface area contributed by atoms with Gasteiger partial charge in [0.1, 0.15) is 0 Å². The number of carbonyl (C=O) groups is 1. The highest BCUT2D eigenvalue weighted by Gasteiger charge is 2.11. The van der Waals surface area contributed by atoms with Gasteiger partial charge in [-0.25, -0.2) is 14.2 Å². The van der Waals surface area contributed by atoms with Crippen LogP contribution in [0, 0.1) is 15.9 Å². The Morgan fingerprint density at radius 1 is 1.52 bits per heavy atom. The maximum absolute atomic E-state index is 13.6. The molecule has 0 unspecified atom stereocenters. The van der Waals surface area contributed by atoms with E-state index in [4.69, 9.17) is 5.11 Å². The maximum atomic E-state index is 13.6. The predicted molar refractivity (Wildman–Crippen MR) is 74.3 cm³/mol. The number of nitro groups is 1. The number of hydrogen-bond acceptors (Lipinski definition) is 6. The van der Waals surface area contributed by atoms with Crippen molar-refractivity contribution in [1.29, 1.82) is 0 Å². The molecule has 0 saturated heterocycles. The molecule has 7 nitrogen and oxygen atoms in total. The number of halogens is 1. The second kappa shape index (κ2) is 6.27. The van der Waals surface area contributed by atoms with Crippen molar-refractivity contribution in [3.8, 4) is 0 Å². The van der Waals surface area contributed by atoms with E-state index >= 15 is 0 Å². The lowest BCUT2D eigenvalue weighted by Crippen LogP contribution is -2.07. The van der Waals surface area contributed by atoms with E-state index < -0.39 is 16.7 Å². The van der Waals surface area contributed by atoms with Gasteiger partial charge in [0.05, 0.1) is 21.7 Å². The molecule has 0 spiro atoms. The van der Waals surface area contributed by atoms with Crippen molar-refractivity contribution in [2.45, 2.75) is 6.42 Å². The number of non-ortho nitro benzene ring substituents is 1. The lowest BCUT2D eigenvalue weighted by molar-refractivity contribution is -0.385. The van der Waals surface area contributed by atoms with Crippen LogP contribution in [0.5, 0.6) is 0 Å². The summed E-state index contributed by atoms with van der Waals surface area (Å²) in [6.45, 7) is 0.335. The molecule has 1 aromatic heterocycles. The highest BCUT2D eigenvalue weighted by molar-refractivity contribution is 7.09. The van der Waals surface area contributed by atoms with Gasteiger partial charge in [-0.15, -0.1) is 11.3 Å². The summed E-state index contributed by atoms with van der Waals surface area (Å²) in [4.78, 5) is 24.4. The standard InChI is InChI=1S/C12H10FN3O4S/c13-8-5-7(16(19)20)1-2-9(8)14-4-3-11-15-10(6-21-11)12(17)18/h1-2,5-6,14H,3-4H2,(H,17,18). The number of thiazole rings is 1. The van der Waals surface area contributed by atoms with E-state index in [2.05, 4.69) is 10.3 Å². The van der Waals surface area contributed by atoms with E-state index in [0.29, 0.717) is 18.0 Å². The molecule has 0 saturated carbocycles. The molecule has 110 valence electrons. The van der Waals surface area contributed by atoms with E-state index in [1.807, 2.05) is 0 Å². The van der Waals surface area contributed by atoms with Crippen LogP contribution >= 0.6 is 11.3 Å². The fraction of sp³-hybridized carbons (Fsp3) is 0.167. The molecule has 0 amide bonds. The van der Waals surface area contributed by atoms with Crippen molar-refractivity contribution in [3.63, 3.8) is 0 Å². The first-order chi connectivity index (χ1) is 9.97. The zero-order valence-corrected chi connectivity index (χ0v) is 11.4. The molecule has 9 heteroatoms. The number of nitrogens with one attached hydrogen (secondary N) is 1. The minimum atomic E-state index is -1.09. The predicted octanol–water partition coefficient (Wildman–Crippen LogP) is 2.54. The monoisotopic (exact) mass is 311 g/mol. The second-order valence-corrected chi connectivity index (χ2v) is 4.97. The third-order valence-corrected chi connectivity index (χ3v) is 3.50. The Kier molecular flexibility index (Phi) is 4.43. The Morgan fingerprint density at radius 2 is 2.29 bits per heavy atom. The normalized spacial score (nSPS) is 10.3. The molecule has 1 aromatic carbocycles. The highest BCUT2D eigenvalue weighted by atomic mass is 32.1. The van der Waals surface area contributed by atoms with E-state index in [1.165, 1.54) is 28.8 Å². The molecular formula is C12H10FN3O4S. The van der Waals surface area contributed by atoms with Crippen molar-refractivity contribution in [3.05, 3.63) is 50.2 Å². The van der Waals surface area contributed by atoms with Gasteiger partial charge in [-0.1, -0.05) is 0 Å². The summed E-state index contributed by atoms with van der Waals surface area (Å²) in [5.74, 6) is -1.80. The van der Waals surface area contributed by atoms with Gasteiger partial charge < -0.3 is 10.4 Å². The molecule has 2 aromatic rings. The van der Waals surface area contributed by atoms with Gasteiger partial charge in [0.15, 0.2) is 11.5 Å². The van der Waals surface area contributed by atoms with Crippen LogP contribution in [0.4, 0.5) is 15.8 Å². The molecule has 0 aliphatic rings. The summed E-state index contributed by atoms with van der Waals surface area (Å²) in [6, 6.07) is 3.34. The van der Waals surface area contributed by atoms with Crippen molar-refractivity contribution in [2.75, 3.05) is 11.9 Å². The third kappa shape index (κ3) is 3.72. The van der Waals surface area contributed by atoms with Crippen LogP contribution in [0.2, 0.25) is 0 Å². The van der Waals surface area contributed by atoms with Crippen LogP contribution in [0.15, 0.2) is 23.6 Å². The number of nitrogens with zero attached hydrogens (tertiary/aromatic N) is 2. The number of aromatic carboxylic acids is 1. The van der Waals surface area contributed by atoms with Crippen molar-refractivity contribution >= 4 is 28.7 Å². The van der Waals surface area contributed by atoms with Crippen molar-refractivity contribution in [1.82, 2.24) is 4.98 Å². The zero-order valence-electron chi connectivity index (χ0n) is 10.6. The second-order valence-electron chi connectivity index (χ2n) is 4.03. The van der Waals surface area contributed by atoms with Crippen molar-refractivity contribution in [2.24, 2.45) is 0 Å². The smallest absolute Gasteiger partial charge is 0.355 e. The number of nitro benzene ring substituents is 1. The lowest BCUT2D eigenvalue weighted by atomic mass is 10.2. The van der Waals surface area contributed by atoms with E-state index in [0.717, 1.165) is 6.07 Å². The maximum Gasteiger partial charge on any atom is 0.355 e.